The van der Waals surface area contributed by atoms with Crippen LogP contribution in [0.4, 0.5) is 5.69 Å². The second-order valence-electron chi connectivity index (χ2n) is 6.97. The topological polar surface area (TPSA) is 72.7 Å². The van der Waals surface area contributed by atoms with Gasteiger partial charge in [0.2, 0.25) is 0 Å². The van der Waals surface area contributed by atoms with Crippen LogP contribution in [0.2, 0.25) is 0 Å². The predicted octanol–water partition coefficient (Wildman–Crippen LogP) is 3.84. The number of hydrogen-bond acceptors (Lipinski definition) is 4. The minimum absolute atomic E-state index is 0.0473. The molecule has 0 aliphatic carbocycles. The van der Waals surface area contributed by atoms with Gasteiger partial charge >= 0.3 is 0 Å². The predicted molar refractivity (Wildman–Crippen MR) is 103 cm³/mol. The number of non-ortho nitro benzene ring substituents is 1. The second kappa shape index (κ2) is 8.66. The maximum atomic E-state index is 12.7. The summed E-state index contributed by atoms with van der Waals surface area (Å²) in [5.41, 5.74) is 1.29. The van der Waals surface area contributed by atoms with E-state index in [4.69, 9.17) is 4.74 Å². The smallest absolute Gasteiger partial charge is 0.273 e. The zero-order valence-electron chi connectivity index (χ0n) is 15.4. The molecule has 0 spiro atoms. The third-order valence-electron chi connectivity index (χ3n) is 4.98. The summed E-state index contributed by atoms with van der Waals surface area (Å²) >= 11 is 0. The number of hydrogen-bond donors (Lipinski definition) is 0. The number of amides is 1. The van der Waals surface area contributed by atoms with E-state index in [9.17, 15) is 14.9 Å². The Morgan fingerprint density at radius 1 is 1.19 bits per heavy atom. The molecule has 0 N–H and O–H groups in total. The van der Waals surface area contributed by atoms with Crippen molar-refractivity contribution >= 4 is 11.6 Å². The van der Waals surface area contributed by atoms with Gasteiger partial charge < -0.3 is 9.64 Å². The molecule has 0 unspecified atom stereocenters. The van der Waals surface area contributed by atoms with E-state index in [-0.39, 0.29) is 11.6 Å². The number of nitro benzene ring substituents is 1. The molecule has 1 amide bonds. The van der Waals surface area contributed by atoms with Gasteiger partial charge in [-0.15, -0.1) is 0 Å². The number of piperidine rings is 1. The Hall–Kier alpha value is -2.89. The molecule has 142 valence electrons. The van der Waals surface area contributed by atoms with Gasteiger partial charge in [0.15, 0.2) is 6.10 Å². The van der Waals surface area contributed by atoms with Gasteiger partial charge in [0.1, 0.15) is 5.75 Å². The molecule has 2 aromatic carbocycles. The fraction of sp³-hybridized carbons (Fsp3) is 0.381. The molecule has 27 heavy (non-hydrogen) atoms. The highest BCUT2D eigenvalue weighted by atomic mass is 16.6. The van der Waals surface area contributed by atoms with Gasteiger partial charge in [0, 0.05) is 19.2 Å². The molecule has 1 atom stereocenters. The zero-order valence-corrected chi connectivity index (χ0v) is 15.4. The summed E-state index contributed by atoms with van der Waals surface area (Å²) in [6, 6.07) is 16.4. The lowest BCUT2D eigenvalue weighted by Crippen LogP contribution is -2.45. The molecule has 2 aromatic rings. The van der Waals surface area contributed by atoms with Crippen LogP contribution in [0.5, 0.6) is 5.75 Å². The van der Waals surface area contributed by atoms with Crippen molar-refractivity contribution in [2.45, 2.75) is 32.3 Å². The molecule has 0 radical (unpaired) electrons. The lowest BCUT2D eigenvalue weighted by Gasteiger charge is -2.33. The van der Waals surface area contributed by atoms with Crippen molar-refractivity contribution < 1.29 is 14.5 Å². The monoisotopic (exact) mass is 368 g/mol. The van der Waals surface area contributed by atoms with Gasteiger partial charge in [0.25, 0.3) is 11.6 Å². The van der Waals surface area contributed by atoms with Gasteiger partial charge in [0.05, 0.1) is 11.0 Å². The average molecular weight is 368 g/mol. The molecular weight excluding hydrogens is 344 g/mol. The first-order valence-electron chi connectivity index (χ1n) is 9.27. The Morgan fingerprint density at radius 2 is 1.89 bits per heavy atom. The van der Waals surface area contributed by atoms with Crippen molar-refractivity contribution in [3.8, 4) is 5.75 Å². The summed E-state index contributed by atoms with van der Waals surface area (Å²) in [6.07, 6.45) is 2.33. The first kappa shape index (κ1) is 18.9. The number of rotatable bonds is 6. The third kappa shape index (κ3) is 5.06. The van der Waals surface area contributed by atoms with Crippen molar-refractivity contribution in [3.05, 3.63) is 70.3 Å². The number of ether oxygens (including phenoxy) is 1. The molecule has 1 aliphatic heterocycles. The van der Waals surface area contributed by atoms with Crippen molar-refractivity contribution in [1.29, 1.82) is 0 Å². The highest BCUT2D eigenvalue weighted by Crippen LogP contribution is 2.24. The van der Waals surface area contributed by atoms with Crippen LogP contribution in [0.3, 0.4) is 0 Å². The third-order valence-corrected chi connectivity index (χ3v) is 4.98. The van der Waals surface area contributed by atoms with E-state index in [1.807, 2.05) is 11.0 Å². The maximum Gasteiger partial charge on any atom is 0.273 e. The lowest BCUT2D eigenvalue weighted by atomic mass is 9.90. The maximum absolute atomic E-state index is 12.7. The highest BCUT2D eigenvalue weighted by molar-refractivity contribution is 5.81. The molecule has 1 saturated heterocycles. The number of likely N-dealkylation sites (tertiary alicyclic amines) is 1. The number of benzene rings is 2. The first-order valence-corrected chi connectivity index (χ1v) is 9.27. The minimum atomic E-state index is -0.669. The summed E-state index contributed by atoms with van der Waals surface area (Å²) in [4.78, 5) is 24.9. The van der Waals surface area contributed by atoms with Crippen LogP contribution >= 0.6 is 0 Å². The molecule has 6 heteroatoms. The summed E-state index contributed by atoms with van der Waals surface area (Å²) in [5.74, 6) is 0.855. The minimum Gasteiger partial charge on any atom is -0.481 e. The zero-order chi connectivity index (χ0) is 19.2. The molecular formula is C21H24N2O4. The van der Waals surface area contributed by atoms with Crippen LogP contribution in [-0.2, 0) is 11.2 Å². The number of nitrogens with zero attached hydrogens (tertiary/aromatic N) is 2. The Morgan fingerprint density at radius 3 is 2.56 bits per heavy atom. The van der Waals surface area contributed by atoms with Gasteiger partial charge in [-0.25, -0.2) is 0 Å². The lowest BCUT2D eigenvalue weighted by molar-refractivity contribution is -0.384. The molecule has 1 heterocycles. The molecule has 1 aliphatic rings. The number of carbonyl (C=O) groups is 1. The molecule has 0 bridgehead atoms. The normalized spacial score (nSPS) is 16.0. The molecule has 0 saturated carbocycles. The van der Waals surface area contributed by atoms with Gasteiger partial charge in [-0.05, 0) is 43.7 Å². The fourth-order valence-corrected chi connectivity index (χ4v) is 3.49. The molecule has 1 fully saturated rings. The van der Waals surface area contributed by atoms with Crippen LogP contribution in [0, 0.1) is 16.0 Å². The number of carbonyl (C=O) groups excluding carboxylic acids is 1. The van der Waals surface area contributed by atoms with Crippen LogP contribution in [0.15, 0.2) is 54.6 Å². The van der Waals surface area contributed by atoms with E-state index in [0.29, 0.717) is 11.7 Å². The first-order chi connectivity index (χ1) is 13.0. The summed E-state index contributed by atoms with van der Waals surface area (Å²) < 4.78 is 5.65. The molecule has 3 rings (SSSR count). The average Bonchev–Trinajstić information content (AvgIpc) is 2.69. The molecule has 0 aromatic heterocycles. The quantitative estimate of drug-likeness (QED) is 0.573. The summed E-state index contributed by atoms with van der Waals surface area (Å²) in [5, 5.41) is 10.9. The summed E-state index contributed by atoms with van der Waals surface area (Å²) in [7, 11) is 0. The van der Waals surface area contributed by atoms with Crippen LogP contribution in [-0.4, -0.2) is 34.9 Å². The largest absolute Gasteiger partial charge is 0.481 e. The van der Waals surface area contributed by atoms with Crippen molar-refractivity contribution in [1.82, 2.24) is 4.90 Å². The van der Waals surface area contributed by atoms with E-state index < -0.39 is 11.0 Å². The van der Waals surface area contributed by atoms with Crippen LogP contribution < -0.4 is 4.74 Å². The van der Waals surface area contributed by atoms with Crippen LogP contribution in [0.25, 0.3) is 0 Å². The Labute approximate surface area is 158 Å². The Balaban J connectivity index is 1.51. The van der Waals surface area contributed by atoms with E-state index >= 15 is 0 Å². The van der Waals surface area contributed by atoms with Crippen LogP contribution in [0.1, 0.15) is 25.3 Å². The van der Waals surface area contributed by atoms with Crippen molar-refractivity contribution in [3.63, 3.8) is 0 Å². The van der Waals surface area contributed by atoms with Gasteiger partial charge in [-0.1, -0.05) is 36.4 Å². The highest BCUT2D eigenvalue weighted by Gasteiger charge is 2.27. The van der Waals surface area contributed by atoms with Crippen molar-refractivity contribution in [2.24, 2.45) is 5.92 Å². The second-order valence-corrected chi connectivity index (χ2v) is 6.97. The fourth-order valence-electron chi connectivity index (χ4n) is 3.49. The SMILES string of the molecule is C[C@@H](Oc1cccc([N+](=O)[O-])c1)C(=O)N1CCC(Cc2ccccc2)CC1. The van der Waals surface area contributed by atoms with Gasteiger partial charge in [-0.3, -0.25) is 14.9 Å². The van der Waals surface area contributed by atoms with Gasteiger partial charge in [-0.2, -0.15) is 0 Å². The van der Waals surface area contributed by atoms with E-state index in [1.54, 1.807) is 19.1 Å². The van der Waals surface area contributed by atoms with E-state index in [2.05, 4.69) is 24.3 Å². The van der Waals surface area contributed by atoms with E-state index in [1.165, 1.54) is 17.7 Å². The molecule has 6 nitrogen and oxygen atoms in total. The number of nitro groups is 1. The summed E-state index contributed by atoms with van der Waals surface area (Å²) in [6.45, 7) is 3.13. The Bertz CT molecular complexity index is 786. The Kier molecular flexibility index (Phi) is 6.06. The van der Waals surface area contributed by atoms with E-state index in [0.717, 1.165) is 32.4 Å². The standard InChI is InChI=1S/C21H24N2O4/c1-16(27-20-9-5-8-19(15-20)23(25)26)21(24)22-12-10-18(11-13-22)14-17-6-3-2-4-7-17/h2-9,15-16,18H,10-14H2,1H3/t16-/m1/s1. The van der Waals surface area contributed by atoms with Crippen molar-refractivity contribution in [2.75, 3.05) is 13.1 Å².